The molecule has 0 aromatic heterocycles. The van der Waals surface area contributed by atoms with Crippen molar-refractivity contribution < 1.29 is 18.4 Å². The second kappa shape index (κ2) is 13.6. The third-order valence-electron chi connectivity index (χ3n) is 1.73. The fourth-order valence-corrected chi connectivity index (χ4v) is 2.60. The van der Waals surface area contributed by atoms with E-state index in [2.05, 4.69) is 20.8 Å². The first-order chi connectivity index (χ1) is 5.08. The van der Waals surface area contributed by atoms with Gasteiger partial charge in [-0.1, -0.05) is 38.9 Å². The average molecular weight is 202 g/mol. The molecule has 6 heteroatoms. The highest BCUT2D eigenvalue weighted by Gasteiger charge is 2.06. The van der Waals surface area contributed by atoms with Gasteiger partial charge in [-0.05, 0) is 0 Å². The van der Waals surface area contributed by atoms with Crippen LogP contribution < -0.4 is 0 Å². The Balaban J connectivity index is -0.000000142. The summed E-state index contributed by atoms with van der Waals surface area (Å²) in [6, 6.07) is 4.48. The summed E-state index contributed by atoms with van der Waals surface area (Å²) in [5.41, 5.74) is 0. The predicted octanol–water partition coefficient (Wildman–Crippen LogP) is 2.33. The fourth-order valence-electron chi connectivity index (χ4n) is 0.866. The molecular weight excluding hydrogens is 184 g/mol. The lowest BCUT2D eigenvalue weighted by molar-refractivity contribution is 0.535. The molecule has 0 saturated heterocycles. The van der Waals surface area contributed by atoms with Crippen molar-refractivity contribution in [3.05, 3.63) is 0 Å². The second-order valence-electron chi connectivity index (χ2n) is 2.34. The molecule has 2 N–H and O–H groups in total. The minimum atomic E-state index is -3.67. The largest absolute Gasteiger partial charge is 0.762 e. The van der Waals surface area contributed by atoms with Crippen molar-refractivity contribution in [1.82, 2.24) is 0 Å². The zero-order valence-electron chi connectivity index (χ0n) is 7.91. The van der Waals surface area contributed by atoms with E-state index in [4.69, 9.17) is 0 Å². The summed E-state index contributed by atoms with van der Waals surface area (Å²) < 4.78 is 29.0. The van der Waals surface area contributed by atoms with E-state index in [1.165, 1.54) is 18.1 Å². The third-order valence-corrected chi connectivity index (χ3v) is 5.20. The molecule has 0 bridgehead atoms. The SMILES string of the molecule is CC[SiH](CC)CC.FB(F)F.O. The molecule has 0 aromatic rings. The molecular formula is C6H18BF3OSi. The lowest BCUT2D eigenvalue weighted by atomic mass is 10.5. The van der Waals surface area contributed by atoms with Gasteiger partial charge in [-0.3, -0.25) is 12.9 Å². The van der Waals surface area contributed by atoms with Crippen LogP contribution in [0, 0.1) is 0 Å². The Morgan fingerprint density at radius 3 is 1.08 bits per heavy atom. The van der Waals surface area contributed by atoms with Crippen LogP contribution >= 0.6 is 0 Å². The first kappa shape index (κ1) is 18.0. The molecule has 0 heterocycles. The van der Waals surface area contributed by atoms with Gasteiger partial charge in [0, 0.05) is 8.80 Å². The average Bonchev–Trinajstić information content (AvgIpc) is 1.90. The highest BCUT2D eigenvalue weighted by molar-refractivity contribution is 6.58. The molecule has 0 spiro atoms. The number of halogens is 3. The zero-order chi connectivity index (χ0) is 9.28. The van der Waals surface area contributed by atoms with Gasteiger partial charge in [0.2, 0.25) is 0 Å². The maximum absolute atomic E-state index is 9.67. The van der Waals surface area contributed by atoms with Crippen LogP contribution in [0.4, 0.5) is 12.9 Å². The third kappa shape index (κ3) is 22.5. The van der Waals surface area contributed by atoms with Crippen LogP contribution in [0.3, 0.4) is 0 Å². The molecule has 0 radical (unpaired) electrons. The van der Waals surface area contributed by atoms with E-state index in [0.29, 0.717) is 0 Å². The van der Waals surface area contributed by atoms with E-state index < -0.39 is 7.54 Å². The van der Waals surface area contributed by atoms with Gasteiger partial charge >= 0.3 is 7.54 Å². The van der Waals surface area contributed by atoms with Crippen molar-refractivity contribution in [2.45, 2.75) is 38.9 Å². The molecule has 0 amide bonds. The highest BCUT2D eigenvalue weighted by Crippen LogP contribution is 2.01. The Hall–Kier alpha value is 0.0318. The Kier molecular flexibility index (Phi) is 20.4. The van der Waals surface area contributed by atoms with Crippen LogP contribution in [0.5, 0.6) is 0 Å². The van der Waals surface area contributed by atoms with E-state index in [1.807, 2.05) is 0 Å². The van der Waals surface area contributed by atoms with E-state index in [9.17, 15) is 12.9 Å². The van der Waals surface area contributed by atoms with Crippen LogP contribution in [0.2, 0.25) is 18.1 Å². The Labute approximate surface area is 74.5 Å². The van der Waals surface area contributed by atoms with Crippen LogP contribution in [-0.4, -0.2) is 21.8 Å². The molecule has 0 aliphatic heterocycles. The van der Waals surface area contributed by atoms with Gasteiger partial charge in [0.15, 0.2) is 0 Å². The summed E-state index contributed by atoms with van der Waals surface area (Å²) in [5, 5.41) is 0. The van der Waals surface area contributed by atoms with Gasteiger partial charge < -0.3 is 5.48 Å². The van der Waals surface area contributed by atoms with Crippen LogP contribution in [0.15, 0.2) is 0 Å². The molecule has 0 rings (SSSR count). The maximum Gasteiger partial charge on any atom is 0.762 e. The summed E-state index contributed by atoms with van der Waals surface area (Å²) in [5.74, 6) is 0. The van der Waals surface area contributed by atoms with E-state index in [0.717, 1.165) is 0 Å². The van der Waals surface area contributed by atoms with E-state index >= 15 is 0 Å². The second-order valence-corrected chi connectivity index (χ2v) is 6.52. The molecule has 0 aliphatic carbocycles. The summed E-state index contributed by atoms with van der Waals surface area (Å²) in [6.07, 6.45) is 0. The molecule has 0 fully saturated rings. The van der Waals surface area contributed by atoms with Gasteiger partial charge in [-0.2, -0.15) is 0 Å². The van der Waals surface area contributed by atoms with Gasteiger partial charge in [0.25, 0.3) is 0 Å². The Morgan fingerprint density at radius 2 is 1.08 bits per heavy atom. The smallest absolute Gasteiger partial charge is 0.412 e. The molecule has 1 nitrogen and oxygen atoms in total. The summed E-state index contributed by atoms with van der Waals surface area (Å²) in [4.78, 5) is 0. The lowest BCUT2D eigenvalue weighted by Crippen LogP contribution is -2.04. The topological polar surface area (TPSA) is 31.5 Å². The van der Waals surface area contributed by atoms with Gasteiger partial charge in [0.05, 0.1) is 0 Å². The van der Waals surface area contributed by atoms with Crippen LogP contribution in [0.25, 0.3) is 0 Å². The minimum Gasteiger partial charge on any atom is -0.412 e. The van der Waals surface area contributed by atoms with Crippen LogP contribution in [-0.2, 0) is 0 Å². The summed E-state index contributed by atoms with van der Waals surface area (Å²) >= 11 is 0. The van der Waals surface area contributed by atoms with Crippen molar-refractivity contribution >= 4 is 16.3 Å². The lowest BCUT2D eigenvalue weighted by Gasteiger charge is -2.03. The van der Waals surface area contributed by atoms with Gasteiger partial charge in [0.1, 0.15) is 0 Å². The molecule has 0 aromatic carbocycles. The molecule has 0 atom stereocenters. The van der Waals surface area contributed by atoms with Gasteiger partial charge in [-0.15, -0.1) is 0 Å². The van der Waals surface area contributed by atoms with E-state index in [1.54, 1.807) is 0 Å². The van der Waals surface area contributed by atoms with Crippen molar-refractivity contribution in [2.75, 3.05) is 0 Å². The van der Waals surface area contributed by atoms with E-state index in [-0.39, 0.29) is 14.3 Å². The van der Waals surface area contributed by atoms with Crippen LogP contribution in [0.1, 0.15) is 20.8 Å². The predicted molar refractivity (Wildman–Crippen MR) is 51.3 cm³/mol. The Morgan fingerprint density at radius 1 is 0.917 bits per heavy atom. The quantitative estimate of drug-likeness (QED) is 0.629. The van der Waals surface area contributed by atoms with Crippen molar-refractivity contribution in [1.29, 1.82) is 0 Å². The van der Waals surface area contributed by atoms with Crippen molar-refractivity contribution in [3.8, 4) is 0 Å². The standard InChI is InChI=1S/C6H16Si.BF3.H2O/c1-4-7(5-2)6-3;2-1(3)4;/h7H,4-6H2,1-3H3;;1H2. The summed E-state index contributed by atoms with van der Waals surface area (Å²) in [7, 11) is -3.84. The molecule has 76 valence electrons. The Bertz CT molecular complexity index is 65.5. The van der Waals surface area contributed by atoms with Gasteiger partial charge in [-0.25, -0.2) is 0 Å². The van der Waals surface area contributed by atoms with Crippen molar-refractivity contribution in [2.24, 2.45) is 0 Å². The first-order valence-corrected chi connectivity index (χ1v) is 6.45. The number of hydrogen-bond donors (Lipinski definition) is 0. The number of hydrogen-bond acceptors (Lipinski definition) is 0. The number of rotatable bonds is 3. The molecule has 12 heavy (non-hydrogen) atoms. The zero-order valence-corrected chi connectivity index (χ0v) is 9.06. The minimum absolute atomic E-state index is 0. The highest BCUT2D eigenvalue weighted by atomic mass is 28.3. The summed E-state index contributed by atoms with van der Waals surface area (Å²) in [6.45, 7) is 6.97. The molecule has 0 unspecified atom stereocenters. The molecule has 0 saturated carbocycles. The first-order valence-electron chi connectivity index (χ1n) is 4.00. The normalized spacial score (nSPS) is 8.25. The maximum atomic E-state index is 9.67. The van der Waals surface area contributed by atoms with Crippen molar-refractivity contribution in [3.63, 3.8) is 0 Å². The fraction of sp³-hybridized carbons (Fsp3) is 1.00. The molecule has 0 aliphatic rings. The monoisotopic (exact) mass is 202 g/mol.